The van der Waals surface area contributed by atoms with Gasteiger partial charge in [0, 0.05) is 7.05 Å². The van der Waals surface area contributed by atoms with E-state index in [1.165, 1.54) is 13.4 Å². The summed E-state index contributed by atoms with van der Waals surface area (Å²) in [5, 5.41) is 0. The van der Waals surface area contributed by atoms with Crippen LogP contribution >= 0.6 is 0 Å². The number of rotatable bonds is 2. The Balaban J connectivity index is 2.89. The lowest BCUT2D eigenvalue weighted by Gasteiger charge is -2.05. The van der Waals surface area contributed by atoms with Crippen molar-refractivity contribution in [1.82, 2.24) is 19.1 Å². The van der Waals surface area contributed by atoms with Crippen molar-refractivity contribution in [3.8, 4) is 0 Å². The largest absolute Gasteiger partial charge is 0.339 e. The van der Waals surface area contributed by atoms with Crippen LogP contribution in [0, 0.1) is 0 Å². The summed E-state index contributed by atoms with van der Waals surface area (Å²) in [6.07, 6.45) is 1.21. The van der Waals surface area contributed by atoms with Crippen LogP contribution in [-0.4, -0.2) is 32.1 Å². The number of hydrogen-bond donors (Lipinski definition) is 2. The zero-order valence-corrected chi connectivity index (χ0v) is 9.43. The van der Waals surface area contributed by atoms with Gasteiger partial charge < -0.3 is 4.98 Å². The summed E-state index contributed by atoms with van der Waals surface area (Å²) in [5.74, 6) is -1.09. The molecule has 0 aliphatic rings. The molecule has 0 saturated heterocycles. The molecule has 0 atom stereocenters. The molecule has 2 aromatic heterocycles. The fraction of sp³-hybridized carbons (Fsp3) is 0.286. The highest BCUT2D eigenvalue weighted by Crippen LogP contribution is 1.99. The predicted octanol–water partition coefficient (Wildman–Crippen LogP) is -1.73. The lowest BCUT2D eigenvalue weighted by atomic mass is 10.5. The van der Waals surface area contributed by atoms with Crippen LogP contribution in [0.2, 0.25) is 0 Å². The first-order valence-corrected chi connectivity index (χ1v) is 6.00. The molecule has 0 aliphatic heterocycles. The number of hydrogen-bond acceptors (Lipinski definition) is 5. The molecular formula is C7H8N4O5S. The van der Waals surface area contributed by atoms with Gasteiger partial charge in [-0.3, -0.25) is 13.9 Å². The molecule has 0 aromatic carbocycles. The third kappa shape index (κ3) is 1.87. The van der Waals surface area contributed by atoms with E-state index in [1.807, 2.05) is 0 Å². The minimum absolute atomic E-state index is 0.00394. The minimum atomic E-state index is -4.48. The zero-order valence-electron chi connectivity index (χ0n) is 8.61. The van der Waals surface area contributed by atoms with E-state index in [9.17, 15) is 18.0 Å². The Morgan fingerprint density at radius 1 is 1.47 bits per heavy atom. The van der Waals surface area contributed by atoms with Gasteiger partial charge in [0.15, 0.2) is 11.5 Å². The SMILES string of the molecule is Cn1c(=O)n(CS(=O)(=O)O)c(=O)c2[nH]cnc21. The molecule has 2 aromatic rings. The number of nitrogens with one attached hydrogen (secondary N) is 1. The second kappa shape index (κ2) is 3.53. The van der Waals surface area contributed by atoms with E-state index in [2.05, 4.69) is 9.97 Å². The van der Waals surface area contributed by atoms with E-state index in [4.69, 9.17) is 4.55 Å². The molecule has 0 saturated carbocycles. The molecule has 2 heterocycles. The summed E-state index contributed by atoms with van der Waals surface area (Å²) in [5.41, 5.74) is -1.60. The molecule has 17 heavy (non-hydrogen) atoms. The topological polar surface area (TPSA) is 127 Å². The smallest absolute Gasteiger partial charge is 0.333 e. The molecular weight excluding hydrogens is 252 g/mol. The highest BCUT2D eigenvalue weighted by molar-refractivity contribution is 7.84. The number of imidazole rings is 1. The molecule has 92 valence electrons. The van der Waals surface area contributed by atoms with Crippen molar-refractivity contribution in [2.24, 2.45) is 7.05 Å². The van der Waals surface area contributed by atoms with Crippen molar-refractivity contribution in [3.05, 3.63) is 27.2 Å². The summed E-state index contributed by atoms with van der Waals surface area (Å²) < 4.78 is 31.5. The van der Waals surface area contributed by atoms with Crippen LogP contribution in [0.25, 0.3) is 11.2 Å². The maximum Gasteiger partial charge on any atom is 0.333 e. The molecule has 0 fully saturated rings. The van der Waals surface area contributed by atoms with Gasteiger partial charge in [-0.2, -0.15) is 8.42 Å². The van der Waals surface area contributed by atoms with Gasteiger partial charge in [0.25, 0.3) is 15.7 Å². The molecule has 2 N–H and O–H groups in total. The van der Waals surface area contributed by atoms with E-state index >= 15 is 0 Å². The molecule has 2 rings (SSSR count). The van der Waals surface area contributed by atoms with E-state index in [-0.39, 0.29) is 11.2 Å². The lowest BCUT2D eigenvalue weighted by molar-refractivity contribution is 0.467. The Bertz CT molecular complexity index is 796. The van der Waals surface area contributed by atoms with Crippen molar-refractivity contribution < 1.29 is 13.0 Å². The average molecular weight is 260 g/mol. The van der Waals surface area contributed by atoms with Crippen LogP contribution in [-0.2, 0) is 23.0 Å². The maximum absolute atomic E-state index is 11.7. The van der Waals surface area contributed by atoms with Gasteiger partial charge in [-0.15, -0.1) is 0 Å². The van der Waals surface area contributed by atoms with Crippen LogP contribution in [0.1, 0.15) is 0 Å². The fourth-order valence-electron chi connectivity index (χ4n) is 1.47. The first-order valence-electron chi connectivity index (χ1n) is 4.39. The molecule has 0 bridgehead atoms. The molecule has 0 unspecified atom stereocenters. The van der Waals surface area contributed by atoms with E-state index < -0.39 is 27.2 Å². The number of aryl methyl sites for hydroxylation is 1. The third-order valence-electron chi connectivity index (χ3n) is 2.21. The van der Waals surface area contributed by atoms with Gasteiger partial charge in [0.1, 0.15) is 5.52 Å². The number of aromatic nitrogens is 4. The summed E-state index contributed by atoms with van der Waals surface area (Å²) in [7, 11) is -3.14. The van der Waals surface area contributed by atoms with Crippen molar-refractivity contribution in [3.63, 3.8) is 0 Å². The molecule has 9 nitrogen and oxygen atoms in total. The van der Waals surface area contributed by atoms with Gasteiger partial charge in [0.2, 0.25) is 0 Å². The Morgan fingerprint density at radius 3 is 2.71 bits per heavy atom. The monoisotopic (exact) mass is 260 g/mol. The Morgan fingerprint density at radius 2 is 2.12 bits per heavy atom. The highest BCUT2D eigenvalue weighted by Gasteiger charge is 2.16. The van der Waals surface area contributed by atoms with Crippen LogP contribution in [0.3, 0.4) is 0 Å². The number of nitrogens with zero attached hydrogens (tertiary/aromatic N) is 3. The van der Waals surface area contributed by atoms with Gasteiger partial charge in [-0.05, 0) is 0 Å². The van der Waals surface area contributed by atoms with Gasteiger partial charge in [0.05, 0.1) is 6.33 Å². The fourth-order valence-corrected chi connectivity index (χ4v) is 2.02. The summed E-state index contributed by atoms with van der Waals surface area (Å²) in [6.45, 7) is 0. The molecule has 10 heteroatoms. The van der Waals surface area contributed by atoms with Crippen LogP contribution in [0.15, 0.2) is 15.9 Å². The van der Waals surface area contributed by atoms with Gasteiger partial charge in [-0.25, -0.2) is 14.3 Å². The standard InChI is InChI=1S/C7H8N4O5S/c1-10-5-4(8-2-9-5)6(12)11(7(10)13)3-17(14,15)16/h2H,3H2,1H3,(H,8,9)(H,14,15,16). The number of fused-ring (bicyclic) bond motifs is 1. The first-order chi connectivity index (χ1) is 7.81. The molecule has 0 radical (unpaired) electrons. The van der Waals surface area contributed by atoms with Crippen molar-refractivity contribution >= 4 is 21.3 Å². The van der Waals surface area contributed by atoms with E-state index in [0.717, 1.165) is 4.57 Å². The van der Waals surface area contributed by atoms with Crippen molar-refractivity contribution in [2.75, 3.05) is 0 Å². The Labute approximate surface area is 94.1 Å². The first kappa shape index (κ1) is 11.5. The second-order valence-corrected chi connectivity index (χ2v) is 4.81. The molecule has 0 aliphatic carbocycles. The summed E-state index contributed by atoms with van der Waals surface area (Å²) in [6, 6.07) is 0. The maximum atomic E-state index is 11.7. The Kier molecular flexibility index (Phi) is 2.40. The Hall–Kier alpha value is -1.94. The quantitative estimate of drug-likeness (QED) is 0.617. The summed E-state index contributed by atoms with van der Waals surface area (Å²) >= 11 is 0. The molecule has 0 spiro atoms. The zero-order chi connectivity index (χ0) is 12.8. The van der Waals surface area contributed by atoms with Gasteiger partial charge in [-0.1, -0.05) is 0 Å². The van der Waals surface area contributed by atoms with Gasteiger partial charge >= 0.3 is 5.69 Å². The third-order valence-corrected chi connectivity index (χ3v) is 2.79. The average Bonchev–Trinajstić information content (AvgIpc) is 2.69. The second-order valence-electron chi connectivity index (χ2n) is 3.39. The minimum Gasteiger partial charge on any atom is -0.339 e. The van der Waals surface area contributed by atoms with Crippen LogP contribution < -0.4 is 11.2 Å². The number of aromatic amines is 1. The molecule has 0 amide bonds. The summed E-state index contributed by atoms with van der Waals surface area (Å²) in [4.78, 5) is 29.7. The lowest BCUT2D eigenvalue weighted by Crippen LogP contribution is -2.40. The van der Waals surface area contributed by atoms with Crippen LogP contribution in [0.5, 0.6) is 0 Å². The number of H-pyrrole nitrogens is 1. The van der Waals surface area contributed by atoms with Crippen molar-refractivity contribution in [1.29, 1.82) is 0 Å². The highest BCUT2D eigenvalue weighted by atomic mass is 32.2. The van der Waals surface area contributed by atoms with Crippen molar-refractivity contribution in [2.45, 2.75) is 5.88 Å². The van der Waals surface area contributed by atoms with E-state index in [1.54, 1.807) is 0 Å². The predicted molar refractivity (Wildman–Crippen MR) is 57.1 cm³/mol. The van der Waals surface area contributed by atoms with Crippen LogP contribution in [0.4, 0.5) is 0 Å². The normalized spacial score (nSPS) is 12.1. The van der Waals surface area contributed by atoms with E-state index in [0.29, 0.717) is 4.57 Å².